The van der Waals surface area contributed by atoms with Crippen LogP contribution in [0.4, 0.5) is 0 Å². The Morgan fingerprint density at radius 3 is 2.50 bits per heavy atom. The number of tetrazole rings is 1. The standard InChI is InChI=1S/C25H29N7/c1-4-5-16-32-24(26-23(29-32)15-10-18(2)3)17-19-11-13-20(14-12-19)21-8-6-7-9-22(21)25-27-30-31-28-25/h4-9,11-14,18H,10,15-17H2,1-3H3,(H,27,28,30,31). The van der Waals surface area contributed by atoms with Crippen LogP contribution in [0.25, 0.3) is 22.5 Å². The topological polar surface area (TPSA) is 85.2 Å². The first-order chi connectivity index (χ1) is 15.6. The normalized spacial score (nSPS) is 11.6. The monoisotopic (exact) mass is 427 g/mol. The van der Waals surface area contributed by atoms with Gasteiger partial charge in [0.1, 0.15) is 5.82 Å². The van der Waals surface area contributed by atoms with E-state index < -0.39 is 0 Å². The van der Waals surface area contributed by atoms with E-state index in [-0.39, 0.29) is 0 Å². The van der Waals surface area contributed by atoms with Crippen molar-refractivity contribution >= 4 is 0 Å². The number of nitrogens with one attached hydrogen (secondary N) is 1. The third-order valence-electron chi connectivity index (χ3n) is 5.39. The average molecular weight is 428 g/mol. The highest BCUT2D eigenvalue weighted by atomic mass is 15.5. The third kappa shape index (κ3) is 5.17. The molecule has 0 radical (unpaired) electrons. The van der Waals surface area contributed by atoms with Gasteiger partial charge in [-0.05, 0) is 41.2 Å². The summed E-state index contributed by atoms with van der Waals surface area (Å²) >= 11 is 0. The van der Waals surface area contributed by atoms with E-state index >= 15 is 0 Å². The number of aromatic nitrogens is 7. The summed E-state index contributed by atoms with van der Waals surface area (Å²) in [7, 11) is 0. The minimum Gasteiger partial charge on any atom is -0.246 e. The highest BCUT2D eigenvalue weighted by Crippen LogP contribution is 2.30. The van der Waals surface area contributed by atoms with Gasteiger partial charge in [0.15, 0.2) is 5.82 Å². The Balaban J connectivity index is 1.56. The van der Waals surface area contributed by atoms with Crippen LogP contribution in [0.3, 0.4) is 0 Å². The molecule has 0 aliphatic rings. The fourth-order valence-electron chi connectivity index (χ4n) is 3.62. The molecular weight excluding hydrogens is 398 g/mol. The van der Waals surface area contributed by atoms with Crippen LogP contribution in [-0.2, 0) is 19.4 Å². The molecule has 0 amide bonds. The predicted octanol–water partition coefficient (Wildman–Crippen LogP) is 4.88. The minimum absolute atomic E-state index is 0.593. The number of rotatable bonds is 9. The highest BCUT2D eigenvalue weighted by molar-refractivity contribution is 5.80. The molecule has 7 nitrogen and oxygen atoms in total. The SMILES string of the molecule is CC=CCn1nc(CCC(C)C)nc1Cc1ccc(-c2ccccc2-c2nn[nH]n2)cc1. The predicted molar refractivity (Wildman–Crippen MR) is 126 cm³/mol. The van der Waals surface area contributed by atoms with E-state index in [2.05, 4.69) is 77.0 Å². The molecule has 0 unspecified atom stereocenters. The van der Waals surface area contributed by atoms with Crippen LogP contribution >= 0.6 is 0 Å². The number of benzene rings is 2. The van der Waals surface area contributed by atoms with E-state index in [1.54, 1.807) is 0 Å². The number of hydrogen-bond donors (Lipinski definition) is 1. The van der Waals surface area contributed by atoms with Gasteiger partial charge in [0.2, 0.25) is 5.82 Å². The Bertz CT molecular complexity index is 1160. The molecule has 2 aromatic carbocycles. The van der Waals surface area contributed by atoms with Crippen molar-refractivity contribution in [1.82, 2.24) is 35.4 Å². The van der Waals surface area contributed by atoms with Crippen molar-refractivity contribution < 1.29 is 0 Å². The lowest BCUT2D eigenvalue weighted by Crippen LogP contribution is -2.05. The second-order valence-electron chi connectivity index (χ2n) is 8.28. The molecule has 2 aromatic heterocycles. The van der Waals surface area contributed by atoms with E-state index in [9.17, 15) is 0 Å². The maximum atomic E-state index is 4.85. The van der Waals surface area contributed by atoms with E-state index in [0.29, 0.717) is 11.7 Å². The number of H-pyrrole nitrogens is 1. The zero-order chi connectivity index (χ0) is 22.3. The quantitative estimate of drug-likeness (QED) is 0.385. The van der Waals surface area contributed by atoms with Gasteiger partial charge in [-0.2, -0.15) is 10.3 Å². The summed E-state index contributed by atoms with van der Waals surface area (Å²) < 4.78 is 2.02. The molecule has 0 bridgehead atoms. The first-order valence-corrected chi connectivity index (χ1v) is 11.1. The average Bonchev–Trinajstić information content (AvgIpc) is 3.47. The minimum atomic E-state index is 0.593. The summed E-state index contributed by atoms with van der Waals surface area (Å²) in [6.45, 7) is 7.24. The van der Waals surface area contributed by atoms with E-state index in [1.807, 2.05) is 29.8 Å². The Kier molecular flexibility index (Phi) is 6.84. The van der Waals surface area contributed by atoms with Crippen molar-refractivity contribution in [3.05, 3.63) is 77.9 Å². The van der Waals surface area contributed by atoms with Gasteiger partial charge < -0.3 is 0 Å². The fraction of sp³-hybridized carbons (Fsp3) is 0.320. The zero-order valence-corrected chi connectivity index (χ0v) is 18.9. The third-order valence-corrected chi connectivity index (χ3v) is 5.39. The molecule has 0 spiro atoms. The first kappa shape index (κ1) is 21.6. The summed E-state index contributed by atoms with van der Waals surface area (Å²) in [5.74, 6) is 3.17. The summed E-state index contributed by atoms with van der Waals surface area (Å²) in [4.78, 5) is 4.85. The molecule has 0 saturated carbocycles. The molecule has 164 valence electrons. The van der Waals surface area contributed by atoms with E-state index in [4.69, 9.17) is 10.1 Å². The van der Waals surface area contributed by atoms with E-state index in [0.717, 1.165) is 54.1 Å². The van der Waals surface area contributed by atoms with Gasteiger partial charge >= 0.3 is 0 Å². The molecule has 32 heavy (non-hydrogen) atoms. The second-order valence-corrected chi connectivity index (χ2v) is 8.28. The number of nitrogens with zero attached hydrogens (tertiary/aromatic N) is 6. The molecule has 4 aromatic rings. The van der Waals surface area contributed by atoms with Crippen molar-refractivity contribution in [2.75, 3.05) is 0 Å². The maximum absolute atomic E-state index is 4.85. The molecule has 7 heteroatoms. The fourth-order valence-corrected chi connectivity index (χ4v) is 3.62. The molecule has 0 aliphatic carbocycles. The molecule has 0 atom stereocenters. The lowest BCUT2D eigenvalue weighted by Gasteiger charge is -2.08. The molecule has 0 saturated heterocycles. The van der Waals surface area contributed by atoms with Crippen LogP contribution in [0.15, 0.2) is 60.7 Å². The van der Waals surface area contributed by atoms with Gasteiger partial charge in [-0.25, -0.2) is 9.67 Å². The van der Waals surface area contributed by atoms with Crippen molar-refractivity contribution in [3.63, 3.8) is 0 Å². The largest absolute Gasteiger partial charge is 0.246 e. The van der Waals surface area contributed by atoms with Crippen molar-refractivity contribution in [3.8, 4) is 22.5 Å². The van der Waals surface area contributed by atoms with Gasteiger partial charge in [-0.3, -0.25) is 0 Å². The van der Waals surface area contributed by atoms with Crippen LogP contribution in [-0.4, -0.2) is 35.4 Å². The lowest BCUT2D eigenvalue weighted by atomic mass is 9.98. The van der Waals surface area contributed by atoms with Crippen molar-refractivity contribution in [2.24, 2.45) is 5.92 Å². The molecule has 0 aliphatic heterocycles. The van der Waals surface area contributed by atoms with Crippen LogP contribution in [0.1, 0.15) is 44.4 Å². The zero-order valence-electron chi connectivity index (χ0n) is 18.9. The molecule has 2 heterocycles. The number of hydrogen-bond acceptors (Lipinski definition) is 5. The van der Waals surface area contributed by atoms with Gasteiger partial charge in [-0.1, -0.05) is 74.5 Å². The van der Waals surface area contributed by atoms with Crippen LogP contribution in [0.2, 0.25) is 0 Å². The van der Waals surface area contributed by atoms with Crippen molar-refractivity contribution in [1.29, 1.82) is 0 Å². The van der Waals surface area contributed by atoms with Gasteiger partial charge in [0, 0.05) is 18.4 Å². The highest BCUT2D eigenvalue weighted by Gasteiger charge is 2.13. The van der Waals surface area contributed by atoms with Crippen LogP contribution < -0.4 is 0 Å². The van der Waals surface area contributed by atoms with Gasteiger partial charge in [0.25, 0.3) is 0 Å². The first-order valence-electron chi connectivity index (χ1n) is 11.1. The van der Waals surface area contributed by atoms with Gasteiger partial charge in [-0.15, -0.1) is 10.2 Å². The van der Waals surface area contributed by atoms with Crippen LogP contribution in [0.5, 0.6) is 0 Å². The van der Waals surface area contributed by atoms with E-state index in [1.165, 1.54) is 5.56 Å². The molecule has 0 fully saturated rings. The van der Waals surface area contributed by atoms with Crippen LogP contribution in [0, 0.1) is 5.92 Å². The number of aromatic amines is 1. The molecule has 1 N–H and O–H groups in total. The molecular formula is C25H29N7. The number of allylic oxidation sites excluding steroid dienone is 2. The smallest absolute Gasteiger partial charge is 0.205 e. The van der Waals surface area contributed by atoms with Crippen molar-refractivity contribution in [2.45, 2.75) is 46.6 Å². The number of aryl methyl sites for hydroxylation is 1. The Morgan fingerprint density at radius 1 is 1.03 bits per heavy atom. The Hall–Kier alpha value is -3.61. The molecule has 4 rings (SSSR count). The Labute approximate surface area is 188 Å². The summed E-state index contributed by atoms with van der Waals surface area (Å²) in [5.41, 5.74) is 4.35. The maximum Gasteiger partial charge on any atom is 0.205 e. The summed E-state index contributed by atoms with van der Waals surface area (Å²) in [6.07, 6.45) is 6.93. The second kappa shape index (κ2) is 10.1. The lowest BCUT2D eigenvalue weighted by molar-refractivity contribution is 0.569. The summed E-state index contributed by atoms with van der Waals surface area (Å²) in [5, 5.41) is 19.2. The van der Waals surface area contributed by atoms with Gasteiger partial charge in [0.05, 0.1) is 6.54 Å². The summed E-state index contributed by atoms with van der Waals surface area (Å²) in [6, 6.07) is 16.7. The Morgan fingerprint density at radius 2 is 1.81 bits per heavy atom.